The summed E-state index contributed by atoms with van der Waals surface area (Å²) in [5, 5.41) is 4.20. The lowest BCUT2D eigenvalue weighted by Gasteiger charge is -2.27. The number of benzene rings is 1. The van der Waals surface area contributed by atoms with Gasteiger partial charge in [-0.05, 0) is 42.2 Å². The summed E-state index contributed by atoms with van der Waals surface area (Å²) < 4.78 is 5.17. The van der Waals surface area contributed by atoms with Crippen molar-refractivity contribution in [3.63, 3.8) is 0 Å². The molecule has 0 bridgehead atoms. The molecule has 1 amide bonds. The van der Waals surface area contributed by atoms with Gasteiger partial charge in [-0.15, -0.1) is 0 Å². The number of oxime groups is 1. The van der Waals surface area contributed by atoms with E-state index < -0.39 is 0 Å². The number of carbonyl (C=O) groups excluding carboxylic acids is 1. The average Bonchev–Trinajstić information content (AvgIpc) is 2.99. The minimum absolute atomic E-state index is 0.00814. The van der Waals surface area contributed by atoms with E-state index in [0.717, 1.165) is 17.0 Å². The summed E-state index contributed by atoms with van der Waals surface area (Å²) in [7, 11) is 1.65. The second kappa shape index (κ2) is 7.69. The van der Waals surface area contributed by atoms with Crippen LogP contribution in [0.25, 0.3) is 0 Å². The van der Waals surface area contributed by atoms with E-state index in [2.05, 4.69) is 25.9 Å². The minimum Gasteiger partial charge on any atom is -0.497 e. The maximum atomic E-state index is 12.4. The van der Waals surface area contributed by atoms with Gasteiger partial charge in [0.15, 0.2) is 6.10 Å². The van der Waals surface area contributed by atoms with Crippen LogP contribution in [0.15, 0.2) is 29.4 Å². The van der Waals surface area contributed by atoms with Crippen LogP contribution in [0, 0.1) is 5.41 Å². The molecule has 0 spiro atoms. The lowest BCUT2D eigenvalue weighted by molar-refractivity contribution is -0.134. The van der Waals surface area contributed by atoms with Gasteiger partial charge in [0.25, 0.3) is 0 Å². The molecule has 0 aromatic heterocycles. The van der Waals surface area contributed by atoms with Gasteiger partial charge in [-0.25, -0.2) is 0 Å². The van der Waals surface area contributed by atoms with Gasteiger partial charge >= 0.3 is 0 Å². The first-order chi connectivity index (χ1) is 11.3. The standard InChI is InChI=1S/C19H28N2O3/c1-6-21(18(22)12-19(2,3)4)13-16-11-17(20-24-16)14-7-9-15(23-5)10-8-14/h7-10,16H,6,11-13H2,1-5H3/t16-/m0/s1. The van der Waals surface area contributed by atoms with Crippen LogP contribution in [0.1, 0.15) is 46.1 Å². The van der Waals surface area contributed by atoms with E-state index in [9.17, 15) is 4.79 Å². The highest BCUT2D eigenvalue weighted by Gasteiger charge is 2.27. The van der Waals surface area contributed by atoms with Crippen LogP contribution in [0.3, 0.4) is 0 Å². The first-order valence-electron chi connectivity index (χ1n) is 8.47. The molecule has 1 aromatic carbocycles. The predicted octanol–water partition coefficient (Wildman–Crippen LogP) is 3.47. The van der Waals surface area contributed by atoms with Crippen LogP contribution < -0.4 is 4.74 Å². The molecule has 0 aliphatic carbocycles. The molecular formula is C19H28N2O3. The van der Waals surface area contributed by atoms with Crippen molar-refractivity contribution >= 4 is 11.6 Å². The van der Waals surface area contributed by atoms with E-state index in [4.69, 9.17) is 9.57 Å². The molecule has 1 aliphatic heterocycles. The van der Waals surface area contributed by atoms with Crippen molar-refractivity contribution in [2.24, 2.45) is 10.6 Å². The van der Waals surface area contributed by atoms with E-state index in [1.807, 2.05) is 36.1 Å². The highest BCUT2D eigenvalue weighted by Crippen LogP contribution is 2.22. The fourth-order valence-electron chi connectivity index (χ4n) is 2.70. The van der Waals surface area contributed by atoms with E-state index >= 15 is 0 Å². The van der Waals surface area contributed by atoms with Crippen LogP contribution in [0.5, 0.6) is 5.75 Å². The molecule has 1 atom stereocenters. The number of hydrogen-bond acceptors (Lipinski definition) is 4. The monoisotopic (exact) mass is 332 g/mol. The number of likely N-dealkylation sites (N-methyl/N-ethyl adjacent to an activating group) is 1. The molecule has 0 saturated carbocycles. The summed E-state index contributed by atoms with van der Waals surface area (Å²) in [5.74, 6) is 0.992. The Kier molecular flexibility index (Phi) is 5.86. The molecule has 5 heteroatoms. The van der Waals surface area contributed by atoms with Gasteiger partial charge in [0.05, 0.1) is 19.4 Å². The van der Waals surface area contributed by atoms with Crippen molar-refractivity contribution in [3.05, 3.63) is 29.8 Å². The molecule has 1 aromatic rings. The van der Waals surface area contributed by atoms with Gasteiger partial charge in [-0.3, -0.25) is 4.79 Å². The van der Waals surface area contributed by atoms with Crippen LogP contribution in [0.2, 0.25) is 0 Å². The third kappa shape index (κ3) is 4.98. The Morgan fingerprint density at radius 2 is 2.00 bits per heavy atom. The quantitative estimate of drug-likeness (QED) is 0.801. The fraction of sp³-hybridized carbons (Fsp3) is 0.579. The van der Waals surface area contributed by atoms with Gasteiger partial charge in [-0.1, -0.05) is 25.9 Å². The summed E-state index contributed by atoms with van der Waals surface area (Å²) in [4.78, 5) is 19.8. The van der Waals surface area contributed by atoms with Crippen molar-refractivity contribution in [1.82, 2.24) is 4.90 Å². The summed E-state index contributed by atoms with van der Waals surface area (Å²) in [6.07, 6.45) is 1.18. The summed E-state index contributed by atoms with van der Waals surface area (Å²) in [5.41, 5.74) is 1.94. The highest BCUT2D eigenvalue weighted by atomic mass is 16.6. The Morgan fingerprint density at radius 3 is 2.54 bits per heavy atom. The molecule has 132 valence electrons. The Morgan fingerprint density at radius 1 is 1.33 bits per heavy atom. The average molecular weight is 332 g/mol. The molecule has 1 heterocycles. The molecule has 24 heavy (non-hydrogen) atoms. The zero-order valence-electron chi connectivity index (χ0n) is 15.3. The maximum Gasteiger partial charge on any atom is 0.223 e. The van der Waals surface area contributed by atoms with E-state index in [-0.39, 0.29) is 17.4 Å². The number of amides is 1. The smallest absolute Gasteiger partial charge is 0.223 e. The van der Waals surface area contributed by atoms with E-state index in [1.54, 1.807) is 7.11 Å². The second-order valence-corrected chi connectivity index (χ2v) is 7.37. The van der Waals surface area contributed by atoms with Crippen LogP contribution in [0.4, 0.5) is 0 Å². The lowest BCUT2D eigenvalue weighted by Crippen LogP contribution is -2.39. The molecule has 5 nitrogen and oxygen atoms in total. The Bertz CT molecular complexity index is 588. The largest absolute Gasteiger partial charge is 0.497 e. The maximum absolute atomic E-state index is 12.4. The molecule has 0 saturated heterocycles. The first kappa shape index (κ1) is 18.3. The number of carbonyl (C=O) groups is 1. The third-order valence-electron chi connectivity index (χ3n) is 4.00. The lowest BCUT2D eigenvalue weighted by atomic mass is 9.91. The fourth-order valence-corrected chi connectivity index (χ4v) is 2.70. The molecule has 2 rings (SSSR count). The number of ether oxygens (including phenoxy) is 1. The summed E-state index contributed by atoms with van der Waals surface area (Å²) >= 11 is 0. The number of rotatable bonds is 6. The summed E-state index contributed by atoms with van der Waals surface area (Å²) in [6.45, 7) is 9.50. The second-order valence-electron chi connectivity index (χ2n) is 7.37. The van der Waals surface area contributed by atoms with Crippen LogP contribution >= 0.6 is 0 Å². The molecule has 0 N–H and O–H groups in total. The molecule has 1 aliphatic rings. The first-order valence-corrected chi connectivity index (χ1v) is 8.47. The molecular weight excluding hydrogens is 304 g/mol. The third-order valence-corrected chi connectivity index (χ3v) is 4.00. The number of methoxy groups -OCH3 is 1. The minimum atomic E-state index is -0.0778. The van der Waals surface area contributed by atoms with Gasteiger partial charge in [0.1, 0.15) is 5.75 Å². The van der Waals surface area contributed by atoms with E-state index in [1.165, 1.54) is 0 Å². The zero-order chi connectivity index (χ0) is 17.7. The van der Waals surface area contributed by atoms with Crippen LogP contribution in [-0.4, -0.2) is 42.8 Å². The molecule has 0 unspecified atom stereocenters. The van der Waals surface area contributed by atoms with Gasteiger partial charge in [0, 0.05) is 19.4 Å². The van der Waals surface area contributed by atoms with Crippen molar-refractivity contribution in [2.75, 3.05) is 20.2 Å². The summed E-state index contributed by atoms with van der Waals surface area (Å²) in [6, 6.07) is 7.78. The van der Waals surface area contributed by atoms with Gasteiger partial charge in [-0.2, -0.15) is 0 Å². The van der Waals surface area contributed by atoms with Crippen molar-refractivity contribution in [3.8, 4) is 5.75 Å². The SMILES string of the molecule is CCN(C[C@@H]1CC(c2ccc(OC)cc2)=NO1)C(=O)CC(C)(C)C. The number of hydrogen-bond donors (Lipinski definition) is 0. The van der Waals surface area contributed by atoms with Crippen LogP contribution in [-0.2, 0) is 9.63 Å². The van der Waals surface area contributed by atoms with E-state index in [0.29, 0.717) is 25.9 Å². The van der Waals surface area contributed by atoms with Gasteiger partial charge in [0.2, 0.25) is 5.91 Å². The Hall–Kier alpha value is -2.04. The van der Waals surface area contributed by atoms with Crippen molar-refractivity contribution < 1.29 is 14.4 Å². The zero-order valence-corrected chi connectivity index (χ0v) is 15.3. The molecule has 0 radical (unpaired) electrons. The van der Waals surface area contributed by atoms with Gasteiger partial charge < -0.3 is 14.5 Å². The van der Waals surface area contributed by atoms with Crippen molar-refractivity contribution in [1.29, 1.82) is 0 Å². The number of nitrogens with zero attached hydrogens (tertiary/aromatic N) is 2. The highest BCUT2D eigenvalue weighted by molar-refractivity contribution is 6.01. The topological polar surface area (TPSA) is 51.1 Å². The Balaban J connectivity index is 1.92. The normalized spacial score (nSPS) is 17.2. The predicted molar refractivity (Wildman–Crippen MR) is 95.3 cm³/mol. The Labute approximate surface area is 144 Å². The molecule has 0 fully saturated rings. The van der Waals surface area contributed by atoms with Crippen molar-refractivity contribution in [2.45, 2.75) is 46.6 Å².